The topological polar surface area (TPSA) is 47.9 Å². The van der Waals surface area contributed by atoms with Crippen LogP contribution >= 0.6 is 0 Å². The van der Waals surface area contributed by atoms with Crippen LogP contribution in [0.15, 0.2) is 194 Å². The summed E-state index contributed by atoms with van der Waals surface area (Å²) in [5.74, 6) is 1.67. The third-order valence-electron chi connectivity index (χ3n) is 11.2. The van der Waals surface area contributed by atoms with E-state index in [0.29, 0.717) is 5.82 Å². The summed E-state index contributed by atoms with van der Waals surface area (Å²) in [6, 6.07) is 67.8. The average molecular weight is 730 g/mol. The summed E-state index contributed by atoms with van der Waals surface area (Å²) in [5.41, 5.74) is 13.6. The first-order chi connectivity index (χ1) is 28.2. The fourth-order valence-corrected chi connectivity index (χ4v) is 8.62. The molecule has 0 saturated heterocycles. The molecule has 0 spiro atoms. The Hall–Kier alpha value is -7.43. The van der Waals surface area contributed by atoms with Crippen LogP contribution in [-0.2, 0) is 0 Å². The number of nitrogens with zero attached hydrogens (tertiary/aromatic N) is 3. The first kappa shape index (κ1) is 33.0. The van der Waals surface area contributed by atoms with Crippen LogP contribution in [0.5, 0.6) is 5.75 Å². The third kappa shape index (κ3) is 5.82. The van der Waals surface area contributed by atoms with Gasteiger partial charge in [0.05, 0.1) is 28.5 Å². The highest BCUT2D eigenvalue weighted by atomic mass is 16.5. The van der Waals surface area contributed by atoms with E-state index >= 15 is 0 Å². The number of benzene rings is 7. The van der Waals surface area contributed by atoms with Crippen molar-refractivity contribution in [3.05, 3.63) is 216 Å². The number of pyridine rings is 1. The summed E-state index contributed by atoms with van der Waals surface area (Å²) in [4.78, 5) is 15.8. The maximum atomic E-state index is 6.74. The first-order valence-corrected chi connectivity index (χ1v) is 19.4. The molecule has 2 atom stereocenters. The summed E-state index contributed by atoms with van der Waals surface area (Å²) < 4.78 is 6.74. The number of rotatable bonds is 6. The average Bonchev–Trinajstić information content (AvgIpc) is 3.67. The second-order valence-electron chi connectivity index (χ2n) is 14.7. The zero-order valence-electron chi connectivity index (χ0n) is 31.0. The van der Waals surface area contributed by atoms with Crippen LogP contribution < -0.4 is 15.2 Å². The van der Waals surface area contributed by atoms with Gasteiger partial charge in [0.2, 0.25) is 0 Å². The van der Waals surface area contributed by atoms with Gasteiger partial charge in [0.1, 0.15) is 11.9 Å². The monoisotopic (exact) mass is 729 g/mol. The van der Waals surface area contributed by atoms with Crippen LogP contribution in [0.1, 0.15) is 17.0 Å². The first-order valence-electron chi connectivity index (χ1n) is 19.4. The van der Waals surface area contributed by atoms with Crippen molar-refractivity contribution in [2.75, 3.05) is 0 Å². The third-order valence-corrected chi connectivity index (χ3v) is 11.2. The number of hydrogen-bond acceptors (Lipinski definition) is 4. The van der Waals surface area contributed by atoms with Crippen LogP contribution in [0.25, 0.3) is 78.8 Å². The van der Waals surface area contributed by atoms with Crippen LogP contribution in [0.4, 0.5) is 0 Å². The van der Waals surface area contributed by atoms with E-state index in [1.54, 1.807) is 0 Å². The molecule has 268 valence electrons. The van der Waals surface area contributed by atoms with E-state index in [9.17, 15) is 0 Å². The zero-order valence-corrected chi connectivity index (χ0v) is 31.0. The SMILES string of the molecule is C1=c2c(-c3cccc(-c4cc(-c5cccc(-c6ccccc6)c5)nc(-c5ccccc5)n4)c3)nc3ccccc3c2=C(c2ccccc2)C2c3ccccc3OC12. The van der Waals surface area contributed by atoms with Crippen molar-refractivity contribution in [1.29, 1.82) is 0 Å². The van der Waals surface area contributed by atoms with Crippen molar-refractivity contribution in [3.63, 3.8) is 0 Å². The molecule has 2 aliphatic rings. The van der Waals surface area contributed by atoms with Crippen molar-refractivity contribution in [3.8, 4) is 62.0 Å². The van der Waals surface area contributed by atoms with E-state index in [1.807, 2.05) is 24.3 Å². The van der Waals surface area contributed by atoms with Gasteiger partial charge in [0, 0.05) is 38.4 Å². The lowest BCUT2D eigenvalue weighted by Crippen LogP contribution is -2.40. The van der Waals surface area contributed by atoms with Gasteiger partial charge >= 0.3 is 0 Å². The minimum Gasteiger partial charge on any atom is -0.485 e. The molecule has 11 rings (SSSR count). The molecule has 0 N–H and O–H groups in total. The predicted octanol–water partition coefficient (Wildman–Crippen LogP) is 10.9. The summed E-state index contributed by atoms with van der Waals surface area (Å²) in [5, 5.41) is 3.43. The Balaban J connectivity index is 1.13. The lowest BCUT2D eigenvalue weighted by Gasteiger charge is -2.26. The highest BCUT2D eigenvalue weighted by Crippen LogP contribution is 2.46. The molecule has 0 bridgehead atoms. The lowest BCUT2D eigenvalue weighted by atomic mass is 9.78. The number of ether oxygens (including phenoxy) is 1. The van der Waals surface area contributed by atoms with Crippen molar-refractivity contribution in [1.82, 2.24) is 15.0 Å². The van der Waals surface area contributed by atoms with Gasteiger partial charge in [0.15, 0.2) is 5.82 Å². The molecular weight excluding hydrogens is 695 g/mol. The minimum atomic E-state index is -0.167. The fraction of sp³-hybridized carbons (Fsp3) is 0.0377. The Morgan fingerprint density at radius 1 is 0.421 bits per heavy atom. The van der Waals surface area contributed by atoms with E-state index in [-0.39, 0.29) is 12.0 Å². The highest BCUT2D eigenvalue weighted by molar-refractivity contribution is 5.91. The van der Waals surface area contributed by atoms with Crippen molar-refractivity contribution >= 4 is 22.6 Å². The second-order valence-corrected chi connectivity index (χ2v) is 14.7. The number of aromatic nitrogens is 3. The fourth-order valence-electron chi connectivity index (χ4n) is 8.62. The molecule has 7 aromatic carbocycles. The van der Waals surface area contributed by atoms with Gasteiger partial charge in [-0.3, -0.25) is 0 Å². The van der Waals surface area contributed by atoms with E-state index in [2.05, 4.69) is 176 Å². The standard InChI is InChI=1S/C53H35N3O/c1-4-16-34(17-5-1)37-22-14-23-38(30-37)45-33-46(56-53(55-45)36-20-8-3-9-21-36)39-24-15-25-40(31-39)52-43-32-48-51(42-27-11-13-29-47(42)57-48)49(35-18-6-2-7-19-35)50(43)41-26-10-12-28-44(41)54-52/h1-33,48,51H. The molecule has 0 amide bonds. The Kier molecular flexibility index (Phi) is 7.92. The van der Waals surface area contributed by atoms with Crippen LogP contribution in [0, 0.1) is 0 Å². The molecule has 1 aliphatic heterocycles. The molecule has 0 radical (unpaired) electrons. The summed E-state index contributed by atoms with van der Waals surface area (Å²) in [6.45, 7) is 0. The Morgan fingerprint density at radius 3 is 1.72 bits per heavy atom. The van der Waals surface area contributed by atoms with Gasteiger partial charge in [-0.25, -0.2) is 15.0 Å². The second kappa shape index (κ2) is 13.7. The predicted molar refractivity (Wildman–Crippen MR) is 231 cm³/mol. The van der Waals surface area contributed by atoms with E-state index in [1.165, 1.54) is 27.5 Å². The quantitative estimate of drug-likeness (QED) is 0.171. The van der Waals surface area contributed by atoms with Crippen molar-refractivity contribution in [2.24, 2.45) is 0 Å². The molecular formula is C53H35N3O. The van der Waals surface area contributed by atoms with Gasteiger partial charge in [-0.1, -0.05) is 164 Å². The zero-order chi connectivity index (χ0) is 37.7. The molecule has 0 saturated carbocycles. The van der Waals surface area contributed by atoms with Gasteiger partial charge in [-0.15, -0.1) is 0 Å². The Labute approximate surface area is 330 Å². The van der Waals surface area contributed by atoms with Crippen molar-refractivity contribution < 1.29 is 4.74 Å². The highest BCUT2D eigenvalue weighted by Gasteiger charge is 2.39. The summed E-state index contributed by atoms with van der Waals surface area (Å²) in [7, 11) is 0. The van der Waals surface area contributed by atoms with E-state index in [0.717, 1.165) is 66.8 Å². The maximum absolute atomic E-state index is 6.74. The lowest BCUT2D eigenvalue weighted by molar-refractivity contribution is 0.286. The maximum Gasteiger partial charge on any atom is 0.160 e. The van der Waals surface area contributed by atoms with Crippen LogP contribution in [0.3, 0.4) is 0 Å². The van der Waals surface area contributed by atoms with E-state index < -0.39 is 0 Å². The van der Waals surface area contributed by atoms with Crippen LogP contribution in [-0.4, -0.2) is 21.1 Å². The molecule has 4 heteroatoms. The number of hydrogen-bond donors (Lipinski definition) is 0. The van der Waals surface area contributed by atoms with Crippen molar-refractivity contribution in [2.45, 2.75) is 12.0 Å². The van der Waals surface area contributed by atoms with Gasteiger partial charge in [0.25, 0.3) is 0 Å². The summed E-state index contributed by atoms with van der Waals surface area (Å²) >= 11 is 0. The van der Waals surface area contributed by atoms with Gasteiger partial charge < -0.3 is 4.74 Å². The Morgan fingerprint density at radius 2 is 0.982 bits per heavy atom. The normalized spacial score (nSPS) is 15.3. The smallest absolute Gasteiger partial charge is 0.160 e. The molecule has 0 fully saturated rings. The molecule has 2 unspecified atom stereocenters. The molecule has 2 aromatic heterocycles. The molecule has 57 heavy (non-hydrogen) atoms. The number of para-hydroxylation sites is 2. The minimum absolute atomic E-state index is 0.0531. The van der Waals surface area contributed by atoms with Gasteiger partial charge in [-0.05, 0) is 63.9 Å². The molecule has 1 aliphatic carbocycles. The molecule has 3 heterocycles. The van der Waals surface area contributed by atoms with E-state index in [4.69, 9.17) is 19.7 Å². The number of fused-ring (bicyclic) bond motifs is 6. The molecule has 4 nitrogen and oxygen atoms in total. The summed E-state index contributed by atoms with van der Waals surface area (Å²) in [6.07, 6.45) is 2.14. The largest absolute Gasteiger partial charge is 0.485 e. The van der Waals surface area contributed by atoms with Crippen LogP contribution in [0.2, 0.25) is 0 Å². The molecule has 9 aromatic rings. The Bertz CT molecular complexity index is 3110. The van der Waals surface area contributed by atoms with Gasteiger partial charge in [-0.2, -0.15) is 0 Å².